The van der Waals surface area contributed by atoms with E-state index in [4.69, 9.17) is 0 Å². The maximum atomic E-state index is 14.3. The van der Waals surface area contributed by atoms with Gasteiger partial charge in [0, 0.05) is 50.4 Å². The molecule has 0 saturated carbocycles. The highest BCUT2D eigenvalue weighted by Crippen LogP contribution is 2.28. The Balaban J connectivity index is 1.12. The zero-order chi connectivity index (χ0) is 28.2. The second kappa shape index (κ2) is 11.6. The van der Waals surface area contributed by atoms with Crippen molar-refractivity contribution in [1.82, 2.24) is 15.0 Å². The van der Waals surface area contributed by atoms with Gasteiger partial charge in [-0.3, -0.25) is 4.79 Å². The zero-order valence-corrected chi connectivity index (χ0v) is 23.0. The number of halogens is 1. The van der Waals surface area contributed by atoms with Crippen molar-refractivity contribution in [1.29, 1.82) is 0 Å². The van der Waals surface area contributed by atoms with E-state index in [9.17, 15) is 9.18 Å². The lowest BCUT2D eigenvalue weighted by Gasteiger charge is -2.06. The molecule has 0 aliphatic rings. The summed E-state index contributed by atoms with van der Waals surface area (Å²) < 4.78 is 16.2. The highest BCUT2D eigenvalue weighted by molar-refractivity contribution is 7.14. The van der Waals surface area contributed by atoms with E-state index >= 15 is 0 Å². The molecule has 4 aromatic carbocycles. The van der Waals surface area contributed by atoms with Gasteiger partial charge in [-0.1, -0.05) is 66.2 Å². The molecule has 2 N–H and O–H groups in total. The molecule has 0 atom stereocenters. The number of rotatable bonds is 8. The fraction of sp³-hybridized carbons (Fsp3) is 0.0606. The molecule has 0 spiro atoms. The average Bonchev–Trinajstić information content (AvgIpc) is 3.60. The van der Waals surface area contributed by atoms with Crippen molar-refractivity contribution in [2.45, 2.75) is 13.5 Å². The Morgan fingerprint density at radius 1 is 0.976 bits per heavy atom. The third kappa shape index (κ3) is 5.92. The molecule has 0 fully saturated rings. The minimum Gasteiger partial charge on any atom is -0.342 e. The topological polar surface area (TPSA) is 71.3 Å². The van der Waals surface area contributed by atoms with E-state index in [1.54, 1.807) is 30.5 Å². The second-order valence-corrected chi connectivity index (χ2v) is 10.5. The molecule has 0 unspecified atom stereocenters. The van der Waals surface area contributed by atoms with E-state index in [1.165, 1.54) is 23.0 Å². The number of fused-ring (bicyclic) bond motifs is 1. The monoisotopic (exact) mass is 559 g/mol. The van der Waals surface area contributed by atoms with Crippen LogP contribution >= 0.6 is 11.3 Å². The van der Waals surface area contributed by atoms with Crippen LogP contribution in [0.4, 0.5) is 15.2 Å². The number of aromatic nitrogens is 2. The number of hydrogen-bond donors (Lipinski definition) is 2. The molecular weight excluding hydrogens is 533 g/mol. The molecule has 0 bridgehead atoms. The summed E-state index contributed by atoms with van der Waals surface area (Å²) in [5.41, 5.74) is 9.42. The fourth-order valence-electron chi connectivity index (χ4n) is 4.56. The van der Waals surface area contributed by atoms with Crippen LogP contribution in [0, 0.1) is 12.7 Å². The highest BCUT2D eigenvalue weighted by Gasteiger charge is 2.11. The second-order valence-electron chi connectivity index (χ2n) is 9.63. The number of nitrogens with zero attached hydrogens (tertiary/aromatic N) is 3. The Kier molecular flexibility index (Phi) is 7.38. The van der Waals surface area contributed by atoms with Gasteiger partial charge in [-0.2, -0.15) is 5.10 Å². The molecule has 6 aromatic rings. The zero-order valence-electron chi connectivity index (χ0n) is 22.2. The van der Waals surface area contributed by atoms with E-state index < -0.39 is 0 Å². The minimum absolute atomic E-state index is 0.243. The fourth-order valence-corrected chi connectivity index (χ4v) is 5.30. The number of aryl methyl sites for hydroxylation is 1. The number of hydrogen-bond acceptors (Lipinski definition) is 5. The maximum Gasteiger partial charge on any atom is 0.271 e. The van der Waals surface area contributed by atoms with Crippen LogP contribution in [-0.2, 0) is 6.54 Å². The number of hydrazone groups is 1. The van der Waals surface area contributed by atoms with Gasteiger partial charge >= 0.3 is 0 Å². The van der Waals surface area contributed by atoms with Crippen molar-refractivity contribution in [3.05, 3.63) is 137 Å². The summed E-state index contributed by atoms with van der Waals surface area (Å²) in [6.45, 7) is 2.45. The minimum atomic E-state index is -0.317. The molecule has 0 aliphatic heterocycles. The van der Waals surface area contributed by atoms with Crippen LogP contribution in [0.25, 0.3) is 22.2 Å². The number of benzene rings is 4. The molecule has 6 rings (SSSR count). The lowest BCUT2D eigenvalue weighted by molar-refractivity contribution is 0.0955. The van der Waals surface area contributed by atoms with Gasteiger partial charge in [-0.25, -0.2) is 14.8 Å². The van der Waals surface area contributed by atoms with Gasteiger partial charge in [-0.15, -0.1) is 11.3 Å². The lowest BCUT2D eigenvalue weighted by atomic mass is 10.1. The number of anilines is 2. The summed E-state index contributed by atoms with van der Waals surface area (Å²) >= 11 is 1.53. The molecular formula is C33H26FN5OS. The van der Waals surface area contributed by atoms with Gasteiger partial charge in [0.15, 0.2) is 5.13 Å². The van der Waals surface area contributed by atoms with E-state index in [0.717, 1.165) is 38.5 Å². The predicted molar refractivity (Wildman–Crippen MR) is 165 cm³/mol. The summed E-state index contributed by atoms with van der Waals surface area (Å²) in [6, 6.07) is 30.0. The number of carbonyl (C=O) groups excluding carboxylic acids is 1. The first-order chi connectivity index (χ1) is 20.0. The normalized spacial score (nSPS) is 11.3. The van der Waals surface area contributed by atoms with Crippen LogP contribution in [0.1, 0.15) is 27.0 Å². The molecule has 202 valence electrons. The van der Waals surface area contributed by atoms with E-state index in [-0.39, 0.29) is 11.7 Å². The van der Waals surface area contributed by atoms with Gasteiger partial charge in [0.25, 0.3) is 5.91 Å². The summed E-state index contributed by atoms with van der Waals surface area (Å²) in [5, 5.41) is 11.3. The first-order valence-electron chi connectivity index (χ1n) is 13.1. The quantitative estimate of drug-likeness (QED) is 0.148. The molecule has 0 radical (unpaired) electrons. The average molecular weight is 560 g/mol. The van der Waals surface area contributed by atoms with Crippen LogP contribution in [-0.4, -0.2) is 21.7 Å². The SMILES string of the molecule is Cc1ccc(Nc2nc(-c3ccc(C(=O)N/N=C\c4cn(Cc5ccccc5F)c5ccccc45)cc3)cs2)cc1. The molecule has 41 heavy (non-hydrogen) atoms. The number of para-hydroxylation sites is 1. The van der Waals surface area contributed by atoms with Crippen molar-refractivity contribution in [3.8, 4) is 11.3 Å². The van der Waals surface area contributed by atoms with Crippen LogP contribution in [0.3, 0.4) is 0 Å². The van der Waals surface area contributed by atoms with Gasteiger partial charge in [0.2, 0.25) is 0 Å². The summed E-state index contributed by atoms with van der Waals surface area (Å²) in [5.74, 6) is -0.559. The number of nitrogens with one attached hydrogen (secondary N) is 2. The molecule has 0 aliphatic carbocycles. The molecule has 1 amide bonds. The van der Waals surface area contributed by atoms with Crippen LogP contribution in [0.15, 0.2) is 114 Å². The molecule has 0 saturated heterocycles. The summed E-state index contributed by atoms with van der Waals surface area (Å²) in [7, 11) is 0. The van der Waals surface area contributed by atoms with Gasteiger partial charge < -0.3 is 9.88 Å². The third-order valence-corrected chi connectivity index (χ3v) is 7.50. The van der Waals surface area contributed by atoms with Crippen molar-refractivity contribution in [2.75, 3.05) is 5.32 Å². The molecule has 2 aromatic heterocycles. The summed E-state index contributed by atoms with van der Waals surface area (Å²) in [4.78, 5) is 17.4. The molecule has 2 heterocycles. The standard InChI is InChI=1S/C33H26FN5OS/c1-22-10-16-27(17-11-22)36-33-37-30(21-41-33)23-12-14-24(15-13-23)32(40)38-35-18-26-20-39(31-9-5-3-7-28(26)31)19-25-6-2-4-8-29(25)34/h2-18,20-21H,19H2,1H3,(H,36,37)(H,38,40)/b35-18-. The number of amides is 1. The number of thiazole rings is 1. The highest BCUT2D eigenvalue weighted by atomic mass is 32.1. The van der Waals surface area contributed by atoms with Crippen LogP contribution in [0.5, 0.6) is 0 Å². The van der Waals surface area contributed by atoms with Crippen LogP contribution < -0.4 is 10.7 Å². The van der Waals surface area contributed by atoms with E-state index in [0.29, 0.717) is 17.7 Å². The maximum absolute atomic E-state index is 14.3. The van der Waals surface area contributed by atoms with E-state index in [2.05, 4.69) is 39.9 Å². The predicted octanol–water partition coefficient (Wildman–Crippen LogP) is 7.77. The number of carbonyl (C=O) groups is 1. The first kappa shape index (κ1) is 26.2. The Hall–Kier alpha value is -5.08. The van der Waals surface area contributed by atoms with Gasteiger partial charge in [0.1, 0.15) is 5.82 Å². The Morgan fingerprint density at radius 3 is 2.54 bits per heavy atom. The summed E-state index contributed by atoms with van der Waals surface area (Å²) in [6.07, 6.45) is 3.53. The van der Waals surface area contributed by atoms with Gasteiger partial charge in [0.05, 0.1) is 18.5 Å². The van der Waals surface area contributed by atoms with Crippen molar-refractivity contribution >= 4 is 45.2 Å². The van der Waals surface area contributed by atoms with Gasteiger partial charge in [-0.05, 0) is 43.3 Å². The van der Waals surface area contributed by atoms with Crippen molar-refractivity contribution in [3.63, 3.8) is 0 Å². The lowest BCUT2D eigenvalue weighted by Crippen LogP contribution is -2.17. The Morgan fingerprint density at radius 2 is 1.73 bits per heavy atom. The van der Waals surface area contributed by atoms with Crippen LogP contribution in [0.2, 0.25) is 0 Å². The van der Waals surface area contributed by atoms with Crippen molar-refractivity contribution in [2.24, 2.45) is 5.10 Å². The third-order valence-electron chi connectivity index (χ3n) is 6.74. The largest absolute Gasteiger partial charge is 0.342 e. The molecule has 8 heteroatoms. The molecule has 6 nitrogen and oxygen atoms in total. The van der Waals surface area contributed by atoms with Crippen molar-refractivity contribution < 1.29 is 9.18 Å². The smallest absolute Gasteiger partial charge is 0.271 e. The Bertz CT molecular complexity index is 1860. The Labute approximate surface area is 240 Å². The van der Waals surface area contributed by atoms with E-state index in [1.807, 2.05) is 70.7 Å². The first-order valence-corrected chi connectivity index (χ1v) is 14.0.